The summed E-state index contributed by atoms with van der Waals surface area (Å²) in [5.41, 5.74) is 2.95. The minimum atomic E-state index is -1.01. The van der Waals surface area contributed by atoms with E-state index in [4.69, 9.17) is 4.74 Å². The molecular formula is C22H20N2O4. The third-order valence-corrected chi connectivity index (χ3v) is 4.23. The molecule has 0 radical (unpaired) electrons. The number of esters is 1. The number of anilines is 1. The molecular weight excluding hydrogens is 356 g/mol. The predicted octanol–water partition coefficient (Wildman–Crippen LogP) is 4.07. The molecule has 1 atom stereocenters. The molecule has 0 saturated heterocycles. The van der Waals surface area contributed by atoms with Crippen molar-refractivity contribution in [3.63, 3.8) is 0 Å². The van der Waals surface area contributed by atoms with Crippen LogP contribution in [-0.2, 0) is 9.53 Å². The van der Waals surface area contributed by atoms with Crippen LogP contribution >= 0.6 is 0 Å². The smallest absolute Gasteiger partial charge is 0.355 e. The van der Waals surface area contributed by atoms with Crippen molar-refractivity contribution in [3.05, 3.63) is 78.1 Å². The zero-order valence-electron chi connectivity index (χ0n) is 15.6. The number of ketones is 1. The van der Waals surface area contributed by atoms with Crippen molar-refractivity contribution < 1.29 is 19.1 Å². The Morgan fingerprint density at radius 1 is 1.00 bits per heavy atom. The van der Waals surface area contributed by atoms with Crippen LogP contribution in [0, 0.1) is 0 Å². The lowest BCUT2D eigenvalue weighted by atomic mass is 10.0. The lowest BCUT2D eigenvalue weighted by Crippen LogP contribution is -2.30. The molecule has 0 unspecified atom stereocenters. The van der Waals surface area contributed by atoms with E-state index in [9.17, 15) is 14.4 Å². The zero-order chi connectivity index (χ0) is 20.1. The number of aromatic nitrogens is 1. The second-order valence-electron chi connectivity index (χ2n) is 6.31. The molecule has 3 aromatic rings. The van der Waals surface area contributed by atoms with Crippen molar-refractivity contribution in [1.29, 1.82) is 0 Å². The number of amides is 1. The number of hydrogen-bond donors (Lipinski definition) is 2. The number of para-hydroxylation sites is 1. The van der Waals surface area contributed by atoms with E-state index in [1.54, 1.807) is 6.07 Å². The molecule has 2 aromatic carbocycles. The molecule has 0 aliphatic heterocycles. The van der Waals surface area contributed by atoms with Gasteiger partial charge in [-0.05, 0) is 31.5 Å². The number of benzene rings is 2. The Morgan fingerprint density at radius 2 is 1.68 bits per heavy atom. The van der Waals surface area contributed by atoms with Gasteiger partial charge in [-0.15, -0.1) is 0 Å². The maximum Gasteiger partial charge on any atom is 0.355 e. The fraction of sp³-hybridized carbons (Fsp3) is 0.136. The molecule has 0 saturated carbocycles. The largest absolute Gasteiger partial charge is 0.448 e. The lowest BCUT2D eigenvalue weighted by Gasteiger charge is -2.15. The topological polar surface area (TPSA) is 88.3 Å². The summed E-state index contributed by atoms with van der Waals surface area (Å²) in [5.74, 6) is -1.32. The van der Waals surface area contributed by atoms with Crippen molar-refractivity contribution in [2.75, 3.05) is 5.32 Å². The SMILES string of the molecule is CC(=O)c1c[nH]c(C(=O)O[C@H](C)C(=O)Nc2ccccc2-c2ccccc2)c1. The van der Waals surface area contributed by atoms with Crippen LogP contribution in [0.4, 0.5) is 5.69 Å². The van der Waals surface area contributed by atoms with Crippen LogP contribution in [0.25, 0.3) is 11.1 Å². The van der Waals surface area contributed by atoms with E-state index < -0.39 is 18.0 Å². The standard InChI is InChI=1S/C22H20N2O4/c1-14(25)17-12-20(23-13-17)22(27)28-15(2)21(26)24-19-11-7-6-10-18(19)16-8-4-3-5-9-16/h3-13,15,23H,1-2H3,(H,24,26)/t15-/m1/s1. The van der Waals surface area contributed by atoms with Crippen molar-refractivity contribution in [3.8, 4) is 11.1 Å². The van der Waals surface area contributed by atoms with Gasteiger partial charge < -0.3 is 15.0 Å². The first-order valence-corrected chi connectivity index (χ1v) is 8.81. The van der Waals surface area contributed by atoms with Crippen molar-refractivity contribution in [1.82, 2.24) is 4.98 Å². The molecule has 0 spiro atoms. The van der Waals surface area contributed by atoms with Crippen molar-refractivity contribution >= 4 is 23.3 Å². The maximum absolute atomic E-state index is 12.5. The number of carbonyl (C=O) groups is 3. The highest BCUT2D eigenvalue weighted by molar-refractivity contribution is 6.00. The Labute approximate surface area is 162 Å². The third kappa shape index (κ3) is 4.35. The van der Waals surface area contributed by atoms with E-state index in [0.717, 1.165) is 11.1 Å². The van der Waals surface area contributed by atoms with Crippen molar-refractivity contribution in [2.24, 2.45) is 0 Å². The van der Waals surface area contributed by atoms with Gasteiger partial charge in [0.25, 0.3) is 5.91 Å². The van der Waals surface area contributed by atoms with Crippen LogP contribution in [-0.4, -0.2) is 28.7 Å². The van der Waals surface area contributed by atoms with Crippen LogP contribution in [0.3, 0.4) is 0 Å². The number of Topliss-reactive ketones (excluding diaryl/α,β-unsaturated/α-hetero) is 1. The predicted molar refractivity (Wildman–Crippen MR) is 106 cm³/mol. The molecule has 6 heteroatoms. The summed E-state index contributed by atoms with van der Waals surface area (Å²) >= 11 is 0. The van der Waals surface area contributed by atoms with Crippen LogP contribution in [0.5, 0.6) is 0 Å². The number of ether oxygens (including phenoxy) is 1. The lowest BCUT2D eigenvalue weighted by molar-refractivity contribution is -0.123. The summed E-state index contributed by atoms with van der Waals surface area (Å²) in [7, 11) is 0. The quantitative estimate of drug-likeness (QED) is 0.501. The van der Waals surface area contributed by atoms with Gasteiger partial charge in [0, 0.05) is 23.0 Å². The number of carbonyl (C=O) groups excluding carboxylic acids is 3. The van der Waals surface area contributed by atoms with E-state index in [1.807, 2.05) is 48.5 Å². The van der Waals surface area contributed by atoms with E-state index in [1.165, 1.54) is 26.1 Å². The Morgan fingerprint density at radius 3 is 2.36 bits per heavy atom. The highest BCUT2D eigenvalue weighted by Crippen LogP contribution is 2.27. The second-order valence-corrected chi connectivity index (χ2v) is 6.31. The Kier molecular flexibility index (Phi) is 5.69. The molecule has 6 nitrogen and oxygen atoms in total. The maximum atomic E-state index is 12.5. The molecule has 1 amide bonds. The van der Waals surface area contributed by atoms with Gasteiger partial charge in [-0.25, -0.2) is 4.79 Å². The number of hydrogen-bond acceptors (Lipinski definition) is 4. The number of nitrogens with one attached hydrogen (secondary N) is 2. The van der Waals surface area contributed by atoms with E-state index in [2.05, 4.69) is 10.3 Å². The summed E-state index contributed by atoms with van der Waals surface area (Å²) in [5, 5.41) is 2.81. The average Bonchev–Trinajstić information content (AvgIpc) is 3.20. The van der Waals surface area contributed by atoms with Gasteiger partial charge in [0.1, 0.15) is 5.69 Å². The molecule has 0 fully saturated rings. The van der Waals surface area contributed by atoms with Crippen LogP contribution in [0.2, 0.25) is 0 Å². The number of rotatable bonds is 6. The highest BCUT2D eigenvalue weighted by Gasteiger charge is 2.21. The highest BCUT2D eigenvalue weighted by atomic mass is 16.5. The summed E-state index contributed by atoms with van der Waals surface area (Å²) in [6.45, 7) is 2.89. The first-order chi connectivity index (χ1) is 13.5. The van der Waals surface area contributed by atoms with E-state index in [0.29, 0.717) is 11.3 Å². The number of aromatic amines is 1. The molecule has 1 aromatic heterocycles. The first kappa shape index (κ1) is 19.1. The summed E-state index contributed by atoms with van der Waals surface area (Å²) in [6, 6.07) is 18.5. The normalized spacial score (nSPS) is 11.5. The van der Waals surface area contributed by atoms with Gasteiger partial charge in [-0.1, -0.05) is 48.5 Å². The minimum Gasteiger partial charge on any atom is -0.448 e. The van der Waals surface area contributed by atoms with Gasteiger partial charge in [0.05, 0.1) is 0 Å². The molecule has 0 aliphatic rings. The van der Waals surface area contributed by atoms with Gasteiger partial charge in [0.15, 0.2) is 11.9 Å². The molecule has 142 valence electrons. The van der Waals surface area contributed by atoms with Crippen LogP contribution in [0.1, 0.15) is 34.7 Å². The molecule has 2 N–H and O–H groups in total. The Hall–Kier alpha value is -3.67. The van der Waals surface area contributed by atoms with E-state index >= 15 is 0 Å². The fourth-order valence-electron chi connectivity index (χ4n) is 2.69. The molecule has 0 bridgehead atoms. The fourth-order valence-corrected chi connectivity index (χ4v) is 2.69. The molecule has 28 heavy (non-hydrogen) atoms. The molecule has 0 aliphatic carbocycles. The first-order valence-electron chi connectivity index (χ1n) is 8.81. The number of H-pyrrole nitrogens is 1. The summed E-state index contributed by atoms with van der Waals surface area (Å²) < 4.78 is 5.22. The van der Waals surface area contributed by atoms with Gasteiger partial charge >= 0.3 is 5.97 Å². The van der Waals surface area contributed by atoms with Crippen molar-refractivity contribution in [2.45, 2.75) is 20.0 Å². The average molecular weight is 376 g/mol. The Bertz CT molecular complexity index is 1010. The third-order valence-electron chi connectivity index (χ3n) is 4.23. The summed E-state index contributed by atoms with van der Waals surface area (Å²) in [4.78, 5) is 38.7. The van der Waals surface area contributed by atoms with E-state index in [-0.39, 0.29) is 11.5 Å². The monoisotopic (exact) mass is 376 g/mol. The summed E-state index contributed by atoms with van der Waals surface area (Å²) in [6.07, 6.45) is 0.417. The second kappa shape index (κ2) is 8.35. The van der Waals surface area contributed by atoms with Crippen LogP contribution < -0.4 is 5.32 Å². The van der Waals surface area contributed by atoms with Gasteiger partial charge in [-0.2, -0.15) is 0 Å². The minimum absolute atomic E-state index is 0.120. The van der Waals surface area contributed by atoms with Gasteiger partial charge in [-0.3, -0.25) is 9.59 Å². The molecule has 3 rings (SSSR count). The zero-order valence-corrected chi connectivity index (χ0v) is 15.6. The Balaban J connectivity index is 1.69. The molecule has 1 heterocycles. The van der Waals surface area contributed by atoms with Gasteiger partial charge in [0.2, 0.25) is 0 Å². The van der Waals surface area contributed by atoms with Crippen LogP contribution in [0.15, 0.2) is 66.9 Å².